The van der Waals surface area contributed by atoms with Gasteiger partial charge in [0.25, 0.3) is 0 Å². The molecule has 0 aliphatic carbocycles. The highest BCUT2D eigenvalue weighted by atomic mass is 32.2. The van der Waals surface area contributed by atoms with Crippen molar-refractivity contribution in [2.75, 3.05) is 0 Å². The maximum Gasteiger partial charge on any atom is 0.317 e. The first-order valence-electron chi connectivity index (χ1n) is 3.79. The molecule has 1 aromatic rings. The molecule has 1 atom stereocenters. The minimum absolute atomic E-state index is 0.148. The smallest absolute Gasteiger partial charge is 0.317 e. The first-order chi connectivity index (χ1) is 7.52. The predicted molar refractivity (Wildman–Crippen MR) is 57.9 cm³/mol. The Hall–Kier alpha value is -0.840. The lowest BCUT2D eigenvalue weighted by Crippen LogP contribution is -2.20. The number of carbonyl (C=O) groups is 2. The van der Waals surface area contributed by atoms with Crippen molar-refractivity contribution in [3.05, 3.63) is 0 Å². The van der Waals surface area contributed by atoms with E-state index in [0.717, 1.165) is 23.3 Å². The van der Waals surface area contributed by atoms with Gasteiger partial charge in [0.15, 0.2) is 4.34 Å². The van der Waals surface area contributed by atoms with E-state index in [1.165, 1.54) is 0 Å². The van der Waals surface area contributed by atoms with Crippen molar-refractivity contribution in [3.8, 4) is 0 Å². The zero-order chi connectivity index (χ0) is 12.1. The number of rotatable bonds is 6. The molecule has 0 aromatic carbocycles. The fourth-order valence-electron chi connectivity index (χ4n) is 0.747. The minimum Gasteiger partial charge on any atom is -0.481 e. The molecule has 1 aromatic heterocycles. The summed E-state index contributed by atoms with van der Waals surface area (Å²) in [6.07, 6.45) is -0.513. The molecule has 1 unspecified atom stereocenters. The summed E-state index contributed by atoms with van der Waals surface area (Å²) in [5.41, 5.74) is 0. The van der Waals surface area contributed by atoms with E-state index in [2.05, 4.69) is 9.36 Å². The van der Waals surface area contributed by atoms with Crippen LogP contribution in [0.5, 0.6) is 0 Å². The molecule has 0 spiro atoms. The Labute approximate surface area is 102 Å². The molecule has 0 fully saturated rings. The Bertz CT molecular complexity index is 395. The minimum atomic E-state index is -1.24. The summed E-state index contributed by atoms with van der Waals surface area (Å²) in [5, 5.41) is 16.3. The van der Waals surface area contributed by atoms with Crippen LogP contribution < -0.4 is 0 Å². The first kappa shape index (κ1) is 13.2. The van der Waals surface area contributed by atoms with Crippen molar-refractivity contribution in [1.29, 1.82) is 0 Å². The van der Waals surface area contributed by atoms with E-state index in [4.69, 9.17) is 14.8 Å². The summed E-state index contributed by atoms with van der Waals surface area (Å²) in [4.78, 5) is 24.9. The number of aliphatic carboxylic acids is 2. The lowest BCUT2D eigenvalue weighted by Gasteiger charge is -2.05. The lowest BCUT2D eigenvalue weighted by atomic mass is 10.3. The second-order valence-corrected chi connectivity index (χ2v) is 5.23. The molecule has 0 aliphatic rings. The molecule has 1 heterocycles. The Balaban J connectivity index is 2.67. The van der Waals surface area contributed by atoms with E-state index in [1.54, 1.807) is 0 Å². The van der Waals surface area contributed by atoms with Crippen LogP contribution in [0.15, 0.2) is 9.50 Å². The molecule has 0 bridgehead atoms. The van der Waals surface area contributed by atoms with Crippen molar-refractivity contribution in [1.82, 2.24) is 9.36 Å². The second-order valence-electron chi connectivity index (χ2n) is 2.48. The molecule has 10 heteroatoms. The van der Waals surface area contributed by atoms with Crippen LogP contribution >= 0.6 is 35.3 Å². The van der Waals surface area contributed by atoms with Gasteiger partial charge in [0.1, 0.15) is 5.25 Å². The first-order valence-corrected chi connectivity index (χ1v) is 6.22. The lowest BCUT2D eigenvalue weighted by molar-refractivity contribution is -0.142. The normalized spacial score (nSPS) is 12.3. The number of thioether (sulfide) groups is 1. The number of nitrogens with zero attached hydrogens (tertiary/aromatic N) is 2. The van der Waals surface area contributed by atoms with E-state index in [9.17, 15) is 9.59 Å². The Morgan fingerprint density at radius 3 is 2.56 bits per heavy atom. The van der Waals surface area contributed by atoms with Crippen LogP contribution in [0.1, 0.15) is 6.42 Å². The average molecular weight is 282 g/mol. The van der Waals surface area contributed by atoms with Crippen LogP contribution in [0.2, 0.25) is 0 Å². The predicted octanol–water partition coefficient (Wildman–Crippen LogP) is 1.12. The molecule has 7 nitrogen and oxygen atoms in total. The fourth-order valence-corrected chi connectivity index (χ4v) is 2.57. The van der Waals surface area contributed by atoms with Gasteiger partial charge < -0.3 is 14.8 Å². The second kappa shape index (κ2) is 6.03. The Morgan fingerprint density at radius 1 is 1.44 bits per heavy atom. The highest BCUT2D eigenvalue weighted by Gasteiger charge is 2.24. The van der Waals surface area contributed by atoms with E-state index in [-0.39, 0.29) is 9.50 Å². The Morgan fingerprint density at radius 2 is 2.12 bits per heavy atom. The van der Waals surface area contributed by atoms with Gasteiger partial charge in [-0.3, -0.25) is 9.59 Å². The molecule has 0 amide bonds. The van der Waals surface area contributed by atoms with Gasteiger partial charge in [0.2, 0.25) is 5.16 Å². The van der Waals surface area contributed by atoms with Gasteiger partial charge in [-0.15, -0.1) is 0 Å². The molecule has 0 saturated heterocycles. The van der Waals surface area contributed by atoms with E-state index in [0.29, 0.717) is 12.0 Å². The molecular weight excluding hydrogens is 276 g/mol. The van der Waals surface area contributed by atoms with Crippen LogP contribution in [0.3, 0.4) is 0 Å². The topological polar surface area (TPSA) is 121 Å². The summed E-state index contributed by atoms with van der Waals surface area (Å²) in [6, 6.07) is 0. The van der Waals surface area contributed by atoms with Gasteiger partial charge in [-0.25, -0.2) is 4.98 Å². The third-order valence-corrected chi connectivity index (χ3v) is 3.72. The zero-order valence-electron chi connectivity index (χ0n) is 7.56. The van der Waals surface area contributed by atoms with Gasteiger partial charge in [-0.05, 0) is 11.5 Å². The van der Waals surface area contributed by atoms with Gasteiger partial charge in [0, 0.05) is 0 Å². The SMILES string of the molecule is O=C(O)CC(Sc1nsc(SO)n1)C(=O)O. The highest BCUT2D eigenvalue weighted by Crippen LogP contribution is 2.27. The fraction of sp³-hybridized carbons (Fsp3) is 0.333. The summed E-state index contributed by atoms with van der Waals surface area (Å²) in [6.45, 7) is 0. The number of carboxylic acids is 2. The number of hydrogen-bond donors (Lipinski definition) is 3. The van der Waals surface area contributed by atoms with Gasteiger partial charge in [-0.1, -0.05) is 11.8 Å². The maximum absolute atomic E-state index is 10.7. The number of hydrogen-bond acceptors (Lipinski definition) is 8. The van der Waals surface area contributed by atoms with Crippen LogP contribution in [-0.2, 0) is 9.59 Å². The Kier molecular flexibility index (Phi) is 4.99. The summed E-state index contributed by atoms with van der Waals surface area (Å²) < 4.78 is 12.7. The molecule has 0 aliphatic heterocycles. The maximum atomic E-state index is 10.7. The number of carboxylic acid groups (broad SMARTS) is 2. The number of aromatic nitrogens is 2. The standard InChI is InChI=1S/C6H6N2O5S3/c9-3(10)1-2(4(11)12)14-5-7-6(16-13)15-8-5/h2,13H,1H2,(H,9,10)(H,11,12). The molecule has 88 valence electrons. The van der Waals surface area contributed by atoms with Gasteiger partial charge in [0.05, 0.1) is 18.5 Å². The average Bonchev–Trinajstić information content (AvgIpc) is 2.63. The quantitative estimate of drug-likeness (QED) is 0.520. The molecule has 1 rings (SSSR count). The molecule has 3 N–H and O–H groups in total. The van der Waals surface area contributed by atoms with Gasteiger partial charge >= 0.3 is 11.9 Å². The monoisotopic (exact) mass is 282 g/mol. The molecule has 16 heavy (non-hydrogen) atoms. The van der Waals surface area contributed by atoms with Crippen molar-refractivity contribution in [2.24, 2.45) is 0 Å². The van der Waals surface area contributed by atoms with Crippen molar-refractivity contribution >= 4 is 47.3 Å². The van der Waals surface area contributed by atoms with E-state index >= 15 is 0 Å². The van der Waals surface area contributed by atoms with Crippen molar-refractivity contribution in [3.63, 3.8) is 0 Å². The van der Waals surface area contributed by atoms with Crippen molar-refractivity contribution in [2.45, 2.75) is 21.2 Å². The molecule has 0 saturated carbocycles. The van der Waals surface area contributed by atoms with Crippen LogP contribution in [0, 0.1) is 0 Å². The van der Waals surface area contributed by atoms with Gasteiger partial charge in [-0.2, -0.15) is 4.37 Å². The molecular formula is C6H6N2O5S3. The highest BCUT2D eigenvalue weighted by molar-refractivity contribution is 8.00. The van der Waals surface area contributed by atoms with Crippen LogP contribution in [0.4, 0.5) is 0 Å². The van der Waals surface area contributed by atoms with E-state index < -0.39 is 23.6 Å². The van der Waals surface area contributed by atoms with Crippen LogP contribution in [-0.4, -0.2) is 41.3 Å². The summed E-state index contributed by atoms with van der Waals surface area (Å²) in [5.74, 6) is -2.44. The third kappa shape index (κ3) is 3.96. The zero-order valence-corrected chi connectivity index (χ0v) is 10.0. The largest absolute Gasteiger partial charge is 0.481 e. The summed E-state index contributed by atoms with van der Waals surface area (Å²) in [7, 11) is 0. The third-order valence-electron chi connectivity index (χ3n) is 1.35. The summed E-state index contributed by atoms with van der Waals surface area (Å²) >= 11 is 2.06. The van der Waals surface area contributed by atoms with Crippen LogP contribution in [0.25, 0.3) is 0 Å². The van der Waals surface area contributed by atoms with Crippen molar-refractivity contribution < 1.29 is 24.4 Å². The molecule has 0 radical (unpaired) electrons. The van der Waals surface area contributed by atoms with E-state index in [1.807, 2.05) is 0 Å².